The maximum absolute atomic E-state index is 13.2. The Kier molecular flexibility index (Phi) is 4.35. The summed E-state index contributed by atoms with van der Waals surface area (Å²) in [5.74, 6) is 0.749. The van der Waals surface area contributed by atoms with E-state index in [1.807, 2.05) is 24.3 Å². The van der Waals surface area contributed by atoms with Crippen molar-refractivity contribution in [3.8, 4) is 11.5 Å². The molecule has 0 aliphatic carbocycles. The van der Waals surface area contributed by atoms with E-state index in [1.165, 1.54) is 30.7 Å². The van der Waals surface area contributed by atoms with Crippen LogP contribution >= 0.6 is 0 Å². The minimum atomic E-state index is -3.78. The highest BCUT2D eigenvalue weighted by molar-refractivity contribution is 7.89. The Labute approximate surface area is 164 Å². The number of hydrogen-bond donors (Lipinski definition) is 0. The van der Waals surface area contributed by atoms with Gasteiger partial charge in [0.15, 0.2) is 11.5 Å². The van der Waals surface area contributed by atoms with E-state index in [-0.39, 0.29) is 23.9 Å². The number of anilines is 1. The number of para-hydroxylation sites is 1. The summed E-state index contributed by atoms with van der Waals surface area (Å²) in [7, 11) is 0.919. The Morgan fingerprint density at radius 2 is 1.75 bits per heavy atom. The second-order valence-corrected chi connectivity index (χ2v) is 9.01. The molecule has 2 aliphatic heterocycles. The van der Waals surface area contributed by atoms with E-state index < -0.39 is 15.4 Å². The normalized spacial score (nSPS) is 22.0. The molecule has 0 N–H and O–H groups in total. The second-order valence-electron chi connectivity index (χ2n) is 7.07. The average molecular weight is 402 g/mol. The van der Waals surface area contributed by atoms with Crippen LogP contribution in [0.15, 0.2) is 47.4 Å². The fourth-order valence-corrected chi connectivity index (χ4v) is 5.73. The first-order valence-electron chi connectivity index (χ1n) is 8.95. The van der Waals surface area contributed by atoms with Gasteiger partial charge in [-0.3, -0.25) is 4.79 Å². The standard InChI is InChI=1S/C20H22N2O5S/c1-21-16-7-5-4-6-15(16)20(19(21)23)10-11-22(13-20)28(24,25)14-8-9-17(26-2)18(12-14)27-3/h4-9,12H,10-11,13H2,1-3H3/t20-/m0/s1. The number of rotatable bonds is 4. The molecule has 2 heterocycles. The van der Waals surface area contributed by atoms with E-state index in [0.717, 1.165) is 11.3 Å². The zero-order valence-electron chi connectivity index (χ0n) is 16.0. The molecule has 0 unspecified atom stereocenters. The van der Waals surface area contributed by atoms with Crippen LogP contribution in [-0.2, 0) is 20.2 Å². The van der Waals surface area contributed by atoms with Crippen LogP contribution in [0.3, 0.4) is 0 Å². The predicted molar refractivity (Wildman–Crippen MR) is 104 cm³/mol. The smallest absolute Gasteiger partial charge is 0.243 e. The molecule has 7 nitrogen and oxygen atoms in total. The van der Waals surface area contributed by atoms with Crippen molar-refractivity contribution in [3.63, 3.8) is 0 Å². The molecule has 2 aromatic carbocycles. The van der Waals surface area contributed by atoms with Crippen molar-refractivity contribution in [1.82, 2.24) is 4.31 Å². The molecule has 0 radical (unpaired) electrons. The van der Waals surface area contributed by atoms with Gasteiger partial charge in [-0.25, -0.2) is 8.42 Å². The maximum atomic E-state index is 13.2. The van der Waals surface area contributed by atoms with E-state index in [0.29, 0.717) is 17.9 Å². The maximum Gasteiger partial charge on any atom is 0.243 e. The first kappa shape index (κ1) is 18.8. The Balaban J connectivity index is 1.71. The van der Waals surface area contributed by atoms with Gasteiger partial charge in [0.2, 0.25) is 15.9 Å². The summed E-state index contributed by atoms with van der Waals surface area (Å²) in [6.07, 6.45) is 0.458. The van der Waals surface area contributed by atoms with E-state index in [9.17, 15) is 13.2 Å². The number of hydrogen-bond acceptors (Lipinski definition) is 5. The van der Waals surface area contributed by atoms with Gasteiger partial charge < -0.3 is 14.4 Å². The van der Waals surface area contributed by atoms with Crippen LogP contribution in [0.5, 0.6) is 11.5 Å². The fourth-order valence-electron chi connectivity index (χ4n) is 4.22. The lowest BCUT2D eigenvalue weighted by molar-refractivity contribution is -0.122. The highest BCUT2D eigenvalue weighted by Gasteiger charge is 2.55. The Morgan fingerprint density at radius 1 is 1.04 bits per heavy atom. The number of sulfonamides is 1. The van der Waals surface area contributed by atoms with Crippen molar-refractivity contribution >= 4 is 21.6 Å². The lowest BCUT2D eigenvalue weighted by Gasteiger charge is -2.23. The quantitative estimate of drug-likeness (QED) is 0.782. The Bertz CT molecular complexity index is 1050. The molecule has 2 aromatic rings. The van der Waals surface area contributed by atoms with Crippen molar-refractivity contribution < 1.29 is 22.7 Å². The van der Waals surface area contributed by atoms with Gasteiger partial charge in [0, 0.05) is 31.9 Å². The van der Waals surface area contributed by atoms with Crippen molar-refractivity contribution in [2.45, 2.75) is 16.7 Å². The van der Waals surface area contributed by atoms with Gasteiger partial charge in [-0.05, 0) is 30.2 Å². The highest BCUT2D eigenvalue weighted by atomic mass is 32.2. The first-order valence-corrected chi connectivity index (χ1v) is 10.4. The summed E-state index contributed by atoms with van der Waals surface area (Å²) in [5, 5.41) is 0. The number of amides is 1. The largest absolute Gasteiger partial charge is 0.493 e. The topological polar surface area (TPSA) is 76.2 Å². The lowest BCUT2D eigenvalue weighted by atomic mass is 9.81. The van der Waals surface area contributed by atoms with Gasteiger partial charge in [-0.2, -0.15) is 4.31 Å². The minimum absolute atomic E-state index is 0.0567. The fraction of sp³-hybridized carbons (Fsp3) is 0.350. The summed E-state index contributed by atoms with van der Waals surface area (Å²) < 4.78 is 38.3. The molecular formula is C20H22N2O5S. The molecule has 0 bridgehead atoms. The third-order valence-corrected chi connectivity index (χ3v) is 7.56. The summed E-state index contributed by atoms with van der Waals surface area (Å²) in [6.45, 7) is 0.411. The zero-order valence-corrected chi connectivity index (χ0v) is 16.8. The van der Waals surface area contributed by atoms with Crippen LogP contribution in [0, 0.1) is 0 Å². The SMILES string of the molecule is COc1ccc(S(=O)(=O)N2CC[C@@]3(C2)C(=O)N(C)c2ccccc23)cc1OC. The molecular weight excluding hydrogens is 380 g/mol. The van der Waals surface area contributed by atoms with Crippen LogP contribution in [-0.4, -0.2) is 53.0 Å². The van der Waals surface area contributed by atoms with Gasteiger partial charge in [0.05, 0.1) is 24.5 Å². The summed E-state index contributed by atoms with van der Waals surface area (Å²) in [4.78, 5) is 14.8. The molecule has 8 heteroatoms. The van der Waals surface area contributed by atoms with E-state index in [2.05, 4.69) is 0 Å². The number of ether oxygens (including phenoxy) is 2. The number of carbonyl (C=O) groups excluding carboxylic acids is 1. The van der Waals surface area contributed by atoms with Crippen LogP contribution in [0.1, 0.15) is 12.0 Å². The molecule has 1 saturated heterocycles. The molecule has 2 aliphatic rings. The summed E-state index contributed by atoms with van der Waals surface area (Å²) in [5.41, 5.74) is 0.917. The van der Waals surface area contributed by atoms with Gasteiger partial charge in [0.25, 0.3) is 0 Å². The molecule has 148 valence electrons. The number of benzene rings is 2. The number of carbonyl (C=O) groups is 1. The average Bonchev–Trinajstić information content (AvgIpc) is 3.26. The molecule has 1 amide bonds. The summed E-state index contributed by atoms with van der Waals surface area (Å²) >= 11 is 0. The highest BCUT2D eigenvalue weighted by Crippen LogP contribution is 2.47. The monoisotopic (exact) mass is 402 g/mol. The molecule has 1 spiro atoms. The lowest BCUT2D eigenvalue weighted by Crippen LogP contribution is -2.42. The molecule has 4 rings (SSSR count). The van der Waals surface area contributed by atoms with Crippen LogP contribution in [0.4, 0.5) is 5.69 Å². The molecule has 1 atom stereocenters. The van der Waals surface area contributed by atoms with E-state index in [4.69, 9.17) is 9.47 Å². The van der Waals surface area contributed by atoms with Crippen molar-refractivity contribution in [2.75, 3.05) is 39.3 Å². The van der Waals surface area contributed by atoms with Crippen molar-refractivity contribution in [2.24, 2.45) is 0 Å². The Morgan fingerprint density at radius 3 is 2.46 bits per heavy atom. The van der Waals surface area contributed by atoms with Crippen LogP contribution in [0.25, 0.3) is 0 Å². The van der Waals surface area contributed by atoms with Gasteiger partial charge >= 0.3 is 0 Å². The first-order chi connectivity index (χ1) is 13.3. The second kappa shape index (κ2) is 6.49. The molecule has 1 fully saturated rings. The van der Waals surface area contributed by atoms with Gasteiger partial charge in [-0.15, -0.1) is 0 Å². The number of methoxy groups -OCH3 is 2. The predicted octanol–water partition coefficient (Wildman–Crippen LogP) is 2.01. The van der Waals surface area contributed by atoms with E-state index >= 15 is 0 Å². The minimum Gasteiger partial charge on any atom is -0.493 e. The number of nitrogens with zero attached hydrogens (tertiary/aromatic N) is 2. The number of likely N-dealkylation sites (N-methyl/N-ethyl adjacent to an activating group) is 1. The van der Waals surface area contributed by atoms with Crippen molar-refractivity contribution in [1.29, 1.82) is 0 Å². The van der Waals surface area contributed by atoms with E-state index in [1.54, 1.807) is 18.0 Å². The summed E-state index contributed by atoms with van der Waals surface area (Å²) in [6, 6.07) is 12.1. The zero-order chi connectivity index (χ0) is 20.1. The third kappa shape index (κ3) is 2.51. The van der Waals surface area contributed by atoms with Crippen LogP contribution < -0.4 is 14.4 Å². The van der Waals surface area contributed by atoms with Gasteiger partial charge in [-0.1, -0.05) is 18.2 Å². The van der Waals surface area contributed by atoms with Gasteiger partial charge in [0.1, 0.15) is 0 Å². The Hall–Kier alpha value is -2.58. The third-order valence-electron chi connectivity index (χ3n) is 5.72. The molecule has 28 heavy (non-hydrogen) atoms. The van der Waals surface area contributed by atoms with Crippen molar-refractivity contribution in [3.05, 3.63) is 48.0 Å². The molecule has 0 aromatic heterocycles. The van der Waals surface area contributed by atoms with Crippen LogP contribution in [0.2, 0.25) is 0 Å². The number of fused-ring (bicyclic) bond motifs is 2. The molecule has 0 saturated carbocycles.